The second-order valence-electron chi connectivity index (χ2n) is 9.28. The Morgan fingerprint density at radius 3 is 1.23 bits per heavy atom. The van der Waals surface area contributed by atoms with Gasteiger partial charge < -0.3 is 24.9 Å². The van der Waals surface area contributed by atoms with Crippen molar-refractivity contribution >= 4 is 0 Å². The van der Waals surface area contributed by atoms with Crippen LogP contribution < -0.4 is 0 Å². The topological polar surface area (TPSA) is 80.9 Å². The van der Waals surface area contributed by atoms with Crippen molar-refractivity contribution < 1.29 is 24.9 Å². The zero-order valence-corrected chi connectivity index (χ0v) is 20.1. The SMILES string of the molecule is CCCCCCCCCCCCCCCCCC[N+](CCO)(CCO)CC(O)CO. The summed E-state index contributed by atoms with van der Waals surface area (Å²) in [6, 6.07) is 0. The quantitative estimate of drug-likeness (QED) is 0.135. The van der Waals surface area contributed by atoms with Gasteiger partial charge in [-0.15, -0.1) is 0 Å². The van der Waals surface area contributed by atoms with E-state index in [4.69, 9.17) is 5.11 Å². The van der Waals surface area contributed by atoms with Crippen molar-refractivity contribution in [1.29, 1.82) is 0 Å². The van der Waals surface area contributed by atoms with Gasteiger partial charge in [-0.1, -0.05) is 96.8 Å². The van der Waals surface area contributed by atoms with E-state index in [-0.39, 0.29) is 19.8 Å². The third-order valence-corrected chi connectivity index (χ3v) is 6.44. The highest BCUT2D eigenvalue weighted by atomic mass is 16.3. The summed E-state index contributed by atoms with van der Waals surface area (Å²) in [5, 5.41) is 37.8. The molecule has 0 spiro atoms. The lowest BCUT2D eigenvalue weighted by Crippen LogP contribution is -2.56. The summed E-state index contributed by atoms with van der Waals surface area (Å²) >= 11 is 0. The molecule has 30 heavy (non-hydrogen) atoms. The van der Waals surface area contributed by atoms with Crippen molar-refractivity contribution in [1.82, 2.24) is 0 Å². The van der Waals surface area contributed by atoms with Crippen LogP contribution >= 0.6 is 0 Å². The Morgan fingerprint density at radius 1 is 0.533 bits per heavy atom. The molecule has 0 aliphatic carbocycles. The number of nitrogens with zero attached hydrogens (tertiary/aromatic N) is 1. The fraction of sp³-hybridized carbons (Fsp3) is 1.00. The largest absolute Gasteiger partial charge is 0.393 e. The predicted molar refractivity (Wildman–Crippen MR) is 127 cm³/mol. The van der Waals surface area contributed by atoms with E-state index >= 15 is 0 Å². The van der Waals surface area contributed by atoms with Crippen molar-refractivity contribution in [3.8, 4) is 0 Å². The van der Waals surface area contributed by atoms with Crippen molar-refractivity contribution in [2.75, 3.05) is 46.0 Å². The number of hydrogen-bond acceptors (Lipinski definition) is 4. The third-order valence-electron chi connectivity index (χ3n) is 6.44. The van der Waals surface area contributed by atoms with Gasteiger partial charge >= 0.3 is 0 Å². The molecule has 0 saturated carbocycles. The molecule has 1 unspecified atom stereocenters. The van der Waals surface area contributed by atoms with Crippen molar-refractivity contribution in [3.63, 3.8) is 0 Å². The maximum atomic E-state index is 9.85. The highest BCUT2D eigenvalue weighted by Crippen LogP contribution is 2.15. The van der Waals surface area contributed by atoms with Gasteiger partial charge in [-0.25, -0.2) is 0 Å². The molecule has 0 aliphatic rings. The van der Waals surface area contributed by atoms with Crippen molar-refractivity contribution in [3.05, 3.63) is 0 Å². The summed E-state index contributed by atoms with van der Waals surface area (Å²) in [7, 11) is 0. The van der Waals surface area contributed by atoms with E-state index in [1.807, 2.05) is 0 Å². The summed E-state index contributed by atoms with van der Waals surface area (Å²) < 4.78 is 0.493. The van der Waals surface area contributed by atoms with E-state index in [2.05, 4.69) is 6.92 Å². The molecular weight excluding hydrogens is 378 g/mol. The lowest BCUT2D eigenvalue weighted by Gasteiger charge is -2.39. The maximum Gasteiger partial charge on any atom is 0.126 e. The summed E-state index contributed by atoms with van der Waals surface area (Å²) in [4.78, 5) is 0. The minimum Gasteiger partial charge on any atom is -0.393 e. The van der Waals surface area contributed by atoms with Crippen LogP contribution in [0.15, 0.2) is 0 Å². The van der Waals surface area contributed by atoms with E-state index in [9.17, 15) is 15.3 Å². The number of aliphatic hydroxyl groups excluding tert-OH is 4. The first-order chi connectivity index (χ1) is 14.6. The van der Waals surface area contributed by atoms with Gasteiger partial charge in [0.2, 0.25) is 0 Å². The van der Waals surface area contributed by atoms with Gasteiger partial charge in [-0.05, 0) is 12.8 Å². The molecule has 0 rings (SSSR count). The fourth-order valence-corrected chi connectivity index (χ4v) is 4.53. The van der Waals surface area contributed by atoms with Gasteiger partial charge in [0.15, 0.2) is 0 Å². The van der Waals surface area contributed by atoms with E-state index < -0.39 is 6.10 Å². The van der Waals surface area contributed by atoms with Crippen molar-refractivity contribution in [2.45, 2.75) is 116 Å². The average Bonchev–Trinajstić information content (AvgIpc) is 2.73. The molecule has 0 aromatic heterocycles. The molecule has 0 heterocycles. The molecule has 1 atom stereocenters. The van der Waals surface area contributed by atoms with Crippen LogP contribution in [0, 0.1) is 0 Å². The lowest BCUT2D eigenvalue weighted by molar-refractivity contribution is -0.931. The number of unbranched alkanes of at least 4 members (excludes halogenated alkanes) is 15. The number of aliphatic hydroxyl groups is 4. The molecule has 0 saturated heterocycles. The molecule has 0 radical (unpaired) electrons. The molecule has 0 aromatic rings. The van der Waals surface area contributed by atoms with E-state index in [1.54, 1.807) is 0 Å². The molecule has 182 valence electrons. The van der Waals surface area contributed by atoms with Crippen LogP contribution in [-0.4, -0.2) is 77.0 Å². The van der Waals surface area contributed by atoms with Crippen LogP contribution in [0.4, 0.5) is 0 Å². The van der Waals surface area contributed by atoms with Crippen LogP contribution in [-0.2, 0) is 0 Å². The lowest BCUT2D eigenvalue weighted by atomic mass is 10.0. The van der Waals surface area contributed by atoms with Crippen LogP contribution in [0.2, 0.25) is 0 Å². The highest BCUT2D eigenvalue weighted by Gasteiger charge is 2.28. The van der Waals surface area contributed by atoms with Gasteiger partial charge in [0, 0.05) is 0 Å². The van der Waals surface area contributed by atoms with Gasteiger partial charge in [-0.2, -0.15) is 0 Å². The summed E-state index contributed by atoms with van der Waals surface area (Å²) in [5.74, 6) is 0. The third kappa shape index (κ3) is 17.5. The van der Waals surface area contributed by atoms with Gasteiger partial charge in [0.25, 0.3) is 0 Å². The summed E-state index contributed by atoms with van der Waals surface area (Å²) in [5.41, 5.74) is 0. The number of quaternary nitrogens is 1. The molecule has 0 amide bonds. The number of hydrogen-bond donors (Lipinski definition) is 4. The summed E-state index contributed by atoms with van der Waals surface area (Å²) in [6.45, 7) is 4.37. The Kier molecular flexibility index (Phi) is 21.9. The first-order valence-electron chi connectivity index (χ1n) is 13.0. The van der Waals surface area contributed by atoms with Crippen molar-refractivity contribution in [2.24, 2.45) is 0 Å². The zero-order chi connectivity index (χ0) is 22.3. The first-order valence-corrected chi connectivity index (χ1v) is 13.0. The molecule has 0 aromatic carbocycles. The Balaban J connectivity index is 3.65. The minimum atomic E-state index is -0.788. The average molecular weight is 433 g/mol. The molecule has 0 bridgehead atoms. The molecule has 5 heteroatoms. The Labute approximate surface area is 187 Å². The summed E-state index contributed by atoms with van der Waals surface area (Å²) in [6.07, 6.45) is 20.6. The normalized spacial score (nSPS) is 13.1. The monoisotopic (exact) mass is 432 g/mol. The first kappa shape index (κ1) is 29.8. The smallest absolute Gasteiger partial charge is 0.126 e. The van der Waals surface area contributed by atoms with E-state index in [0.717, 1.165) is 19.4 Å². The van der Waals surface area contributed by atoms with Gasteiger partial charge in [0.1, 0.15) is 25.7 Å². The zero-order valence-electron chi connectivity index (χ0n) is 20.1. The maximum absolute atomic E-state index is 9.85. The Bertz CT molecular complexity index is 335. The minimum absolute atomic E-state index is 0.0387. The van der Waals surface area contributed by atoms with Crippen LogP contribution in [0.5, 0.6) is 0 Å². The molecule has 5 nitrogen and oxygen atoms in total. The Morgan fingerprint density at radius 2 is 0.900 bits per heavy atom. The molecule has 0 fully saturated rings. The van der Waals surface area contributed by atoms with Crippen LogP contribution in [0.3, 0.4) is 0 Å². The highest BCUT2D eigenvalue weighted by molar-refractivity contribution is 4.56. The number of rotatable bonds is 24. The van der Waals surface area contributed by atoms with Crippen LogP contribution in [0.1, 0.15) is 110 Å². The standard InChI is InChI=1S/C25H54NO4/c1-2-3-4-5-6-7-8-9-10-11-12-13-14-15-16-17-18-26(19-21-27,20-22-28)23-25(30)24-29/h25,27-30H,2-24H2,1H3/q+1. The van der Waals surface area contributed by atoms with Gasteiger partial charge in [-0.3, -0.25) is 0 Å². The van der Waals surface area contributed by atoms with E-state index in [0.29, 0.717) is 24.1 Å². The second-order valence-corrected chi connectivity index (χ2v) is 9.28. The fourth-order valence-electron chi connectivity index (χ4n) is 4.53. The molecule has 0 aliphatic heterocycles. The van der Waals surface area contributed by atoms with E-state index in [1.165, 1.54) is 89.9 Å². The Hall–Kier alpha value is -0.200. The molecular formula is C25H54NO4+. The predicted octanol–water partition coefficient (Wildman–Crippen LogP) is 4.40. The second kappa shape index (κ2) is 22.0. The van der Waals surface area contributed by atoms with Gasteiger partial charge in [0.05, 0.1) is 26.4 Å². The molecule has 4 N–H and O–H groups in total. The van der Waals surface area contributed by atoms with Crippen LogP contribution in [0.25, 0.3) is 0 Å².